The van der Waals surface area contributed by atoms with E-state index in [0.29, 0.717) is 11.4 Å². The number of anilines is 1. The van der Waals surface area contributed by atoms with Crippen LogP contribution in [0.4, 0.5) is 10.2 Å². The predicted molar refractivity (Wildman–Crippen MR) is 85.7 cm³/mol. The topological polar surface area (TPSA) is 81.9 Å². The molecule has 2 atom stereocenters. The van der Waals surface area contributed by atoms with E-state index in [1.165, 1.54) is 18.3 Å². The molecule has 1 aromatic heterocycles. The van der Waals surface area contributed by atoms with Crippen LogP contribution < -0.4 is 5.32 Å². The molecule has 0 radical (unpaired) electrons. The van der Waals surface area contributed by atoms with E-state index in [4.69, 9.17) is 16.9 Å². The van der Waals surface area contributed by atoms with Crippen LogP contribution in [-0.2, 0) is 4.79 Å². The Hall–Kier alpha value is -2.72. The van der Waals surface area contributed by atoms with E-state index in [2.05, 4.69) is 15.3 Å². The lowest BCUT2D eigenvalue weighted by molar-refractivity contribution is -0.127. The summed E-state index contributed by atoms with van der Waals surface area (Å²) in [5, 5.41) is 12.0. The first-order valence-electron chi connectivity index (χ1n) is 7.20. The van der Waals surface area contributed by atoms with Crippen molar-refractivity contribution in [3.8, 4) is 6.07 Å². The molecule has 1 saturated heterocycles. The van der Waals surface area contributed by atoms with Crippen molar-refractivity contribution in [1.82, 2.24) is 14.9 Å². The minimum Gasteiger partial charge on any atom is -0.364 e. The van der Waals surface area contributed by atoms with Gasteiger partial charge in [0.1, 0.15) is 17.7 Å². The molecule has 1 aliphatic rings. The molecule has 1 aromatic carbocycles. The standard InChI is InChI=1S/C16H13ClFN5O/c1-23-15(24)7-12(21-13-4-5-20-14(8-19)22-13)16(23)9-2-3-10(17)11(18)6-9/h2-6,12,16H,7H2,1H3,(H,20,21,22)/t12-,16+/m0/s1. The quantitative estimate of drug-likeness (QED) is 0.924. The third kappa shape index (κ3) is 3.01. The number of amides is 1. The van der Waals surface area contributed by atoms with Gasteiger partial charge in [-0.2, -0.15) is 5.26 Å². The number of nitrogens with zero attached hydrogens (tertiary/aromatic N) is 4. The van der Waals surface area contributed by atoms with Crippen molar-refractivity contribution in [1.29, 1.82) is 5.26 Å². The van der Waals surface area contributed by atoms with Crippen molar-refractivity contribution >= 4 is 23.3 Å². The van der Waals surface area contributed by atoms with Gasteiger partial charge in [-0.05, 0) is 23.8 Å². The van der Waals surface area contributed by atoms with Crippen molar-refractivity contribution in [3.05, 3.63) is 52.7 Å². The van der Waals surface area contributed by atoms with Crippen molar-refractivity contribution in [2.45, 2.75) is 18.5 Å². The minimum atomic E-state index is -0.533. The molecule has 24 heavy (non-hydrogen) atoms. The number of carbonyl (C=O) groups excluding carboxylic acids is 1. The number of likely N-dealkylation sites (N-methyl/N-ethyl adjacent to an activating group) is 1. The van der Waals surface area contributed by atoms with Crippen molar-refractivity contribution in [2.24, 2.45) is 0 Å². The maximum absolute atomic E-state index is 13.8. The van der Waals surface area contributed by atoms with E-state index in [-0.39, 0.29) is 35.3 Å². The lowest BCUT2D eigenvalue weighted by atomic mass is 10.00. The van der Waals surface area contributed by atoms with Gasteiger partial charge < -0.3 is 10.2 Å². The number of carbonyl (C=O) groups is 1. The van der Waals surface area contributed by atoms with Gasteiger partial charge in [0.25, 0.3) is 0 Å². The molecule has 2 heterocycles. The fourth-order valence-corrected chi connectivity index (χ4v) is 2.95. The van der Waals surface area contributed by atoms with Gasteiger partial charge in [-0.25, -0.2) is 14.4 Å². The molecule has 1 aliphatic heterocycles. The largest absolute Gasteiger partial charge is 0.364 e. The molecule has 0 unspecified atom stereocenters. The Bertz CT molecular complexity index is 837. The number of likely N-dealkylation sites (tertiary alicyclic amines) is 1. The number of hydrogen-bond acceptors (Lipinski definition) is 5. The average molecular weight is 346 g/mol. The summed E-state index contributed by atoms with van der Waals surface area (Å²) in [6, 6.07) is 7.29. The number of benzene rings is 1. The van der Waals surface area contributed by atoms with Crippen LogP contribution in [-0.4, -0.2) is 33.9 Å². The molecule has 6 nitrogen and oxygen atoms in total. The SMILES string of the molecule is CN1C(=O)C[C@H](Nc2ccnc(C#N)n2)[C@H]1c1ccc(Cl)c(F)c1. The number of rotatable bonds is 3. The van der Waals surface area contributed by atoms with E-state index in [1.807, 2.05) is 6.07 Å². The van der Waals surface area contributed by atoms with Gasteiger partial charge in [-0.15, -0.1) is 0 Å². The smallest absolute Gasteiger partial charge is 0.234 e. The molecule has 0 spiro atoms. The average Bonchev–Trinajstić information content (AvgIpc) is 2.84. The first-order valence-corrected chi connectivity index (χ1v) is 7.57. The highest BCUT2D eigenvalue weighted by Gasteiger charge is 2.39. The van der Waals surface area contributed by atoms with Crippen LogP contribution >= 0.6 is 11.6 Å². The molecule has 1 amide bonds. The van der Waals surface area contributed by atoms with Crippen LogP contribution in [0.25, 0.3) is 0 Å². The molecule has 0 saturated carbocycles. The first kappa shape index (κ1) is 16.1. The zero-order valence-electron chi connectivity index (χ0n) is 12.7. The lowest BCUT2D eigenvalue weighted by Gasteiger charge is -2.26. The summed E-state index contributed by atoms with van der Waals surface area (Å²) in [6.45, 7) is 0. The summed E-state index contributed by atoms with van der Waals surface area (Å²) in [7, 11) is 1.67. The van der Waals surface area contributed by atoms with E-state index in [9.17, 15) is 9.18 Å². The second-order valence-corrected chi connectivity index (χ2v) is 5.86. The zero-order chi connectivity index (χ0) is 17.3. The fraction of sp³-hybridized carbons (Fsp3) is 0.250. The van der Waals surface area contributed by atoms with Crippen LogP contribution in [0.1, 0.15) is 23.9 Å². The summed E-state index contributed by atoms with van der Waals surface area (Å²) in [6.07, 6.45) is 1.70. The van der Waals surface area contributed by atoms with Gasteiger partial charge in [-0.3, -0.25) is 4.79 Å². The first-order chi connectivity index (χ1) is 11.5. The second kappa shape index (κ2) is 6.42. The Labute approximate surface area is 142 Å². The molecular weight excluding hydrogens is 333 g/mol. The van der Waals surface area contributed by atoms with E-state index < -0.39 is 5.82 Å². The van der Waals surface area contributed by atoms with E-state index in [1.54, 1.807) is 24.1 Å². The molecule has 1 N–H and O–H groups in total. The molecular formula is C16H13ClFN5O. The highest BCUT2D eigenvalue weighted by Crippen LogP contribution is 2.34. The van der Waals surface area contributed by atoms with Crippen molar-refractivity contribution in [2.75, 3.05) is 12.4 Å². The molecule has 122 valence electrons. The number of hydrogen-bond donors (Lipinski definition) is 1. The van der Waals surface area contributed by atoms with Gasteiger partial charge in [0, 0.05) is 19.7 Å². The fourth-order valence-electron chi connectivity index (χ4n) is 2.83. The Morgan fingerprint density at radius 1 is 1.46 bits per heavy atom. The van der Waals surface area contributed by atoms with Crippen LogP contribution in [0.5, 0.6) is 0 Å². The number of halogens is 2. The third-order valence-electron chi connectivity index (χ3n) is 3.96. The molecule has 3 rings (SSSR count). The Balaban J connectivity index is 1.91. The van der Waals surface area contributed by atoms with Crippen molar-refractivity contribution in [3.63, 3.8) is 0 Å². The van der Waals surface area contributed by atoms with Gasteiger partial charge in [0.05, 0.1) is 17.1 Å². The highest BCUT2D eigenvalue weighted by atomic mass is 35.5. The number of nitrogens with one attached hydrogen (secondary N) is 1. The Kier molecular flexibility index (Phi) is 4.32. The molecule has 2 aromatic rings. The predicted octanol–water partition coefficient (Wildman–Crippen LogP) is 2.52. The van der Waals surface area contributed by atoms with Gasteiger partial charge in [-0.1, -0.05) is 17.7 Å². The summed E-state index contributed by atoms with van der Waals surface area (Å²) in [5.41, 5.74) is 0.636. The van der Waals surface area contributed by atoms with Crippen LogP contribution in [0.15, 0.2) is 30.5 Å². The molecule has 8 heteroatoms. The van der Waals surface area contributed by atoms with Gasteiger partial charge >= 0.3 is 0 Å². The second-order valence-electron chi connectivity index (χ2n) is 5.46. The number of aromatic nitrogens is 2. The van der Waals surface area contributed by atoms with E-state index in [0.717, 1.165) is 0 Å². The monoisotopic (exact) mass is 345 g/mol. The maximum Gasteiger partial charge on any atom is 0.234 e. The lowest BCUT2D eigenvalue weighted by Crippen LogP contribution is -2.30. The highest BCUT2D eigenvalue weighted by molar-refractivity contribution is 6.30. The zero-order valence-corrected chi connectivity index (χ0v) is 13.5. The maximum atomic E-state index is 13.8. The Morgan fingerprint density at radius 3 is 2.96 bits per heavy atom. The van der Waals surface area contributed by atoms with Crippen LogP contribution in [0, 0.1) is 17.1 Å². The summed E-state index contributed by atoms with van der Waals surface area (Å²) in [5.74, 6) is -0.127. The van der Waals surface area contributed by atoms with Gasteiger partial charge in [0.15, 0.2) is 0 Å². The molecule has 0 bridgehead atoms. The number of nitriles is 1. The normalized spacial score (nSPS) is 20.1. The summed E-state index contributed by atoms with van der Waals surface area (Å²) >= 11 is 5.73. The third-order valence-corrected chi connectivity index (χ3v) is 4.27. The Morgan fingerprint density at radius 2 is 2.25 bits per heavy atom. The molecule has 1 fully saturated rings. The van der Waals surface area contributed by atoms with E-state index >= 15 is 0 Å². The van der Waals surface area contributed by atoms with Crippen LogP contribution in [0.2, 0.25) is 5.02 Å². The molecule has 0 aliphatic carbocycles. The minimum absolute atomic E-state index is 0.0321. The van der Waals surface area contributed by atoms with Crippen LogP contribution in [0.3, 0.4) is 0 Å². The van der Waals surface area contributed by atoms with Crippen molar-refractivity contribution < 1.29 is 9.18 Å². The van der Waals surface area contributed by atoms with Gasteiger partial charge in [0.2, 0.25) is 11.7 Å². The summed E-state index contributed by atoms with van der Waals surface area (Å²) in [4.78, 5) is 21.5. The summed E-state index contributed by atoms with van der Waals surface area (Å²) < 4.78 is 13.8.